The van der Waals surface area contributed by atoms with E-state index in [0.29, 0.717) is 0 Å². The van der Waals surface area contributed by atoms with Gasteiger partial charge in [-0.25, -0.2) is 4.79 Å². The van der Waals surface area contributed by atoms with Crippen LogP contribution in [0.2, 0.25) is 0 Å². The van der Waals surface area contributed by atoms with Crippen molar-refractivity contribution in [2.75, 3.05) is 23.3 Å². The van der Waals surface area contributed by atoms with Gasteiger partial charge < -0.3 is 15.5 Å². The molecule has 2 aromatic rings. The molecular weight excluding hydrogens is 298 g/mol. The molecule has 0 aromatic heterocycles. The zero-order valence-corrected chi connectivity index (χ0v) is 14.5. The Bertz CT molecular complexity index is 688. The Hall–Kier alpha value is -2.75. The second kappa shape index (κ2) is 8.77. The van der Waals surface area contributed by atoms with Gasteiger partial charge in [-0.3, -0.25) is 0 Å². The molecule has 4 heteroatoms. The summed E-state index contributed by atoms with van der Waals surface area (Å²) >= 11 is 0. The molecule has 2 aromatic carbocycles. The molecule has 2 rings (SSSR count). The standard InChI is InChI=1S/C20H25N3O/c1-4-23(5-2)19-12-10-18(11-13-19)22-20(24)21-15-14-17-9-7-6-8-16(17)3/h6-15H,4-5H2,1-3H3,(H2,21,22,24)/b15-14+. The molecule has 0 saturated heterocycles. The van der Waals surface area contributed by atoms with Crippen molar-refractivity contribution in [3.63, 3.8) is 0 Å². The van der Waals surface area contributed by atoms with Gasteiger partial charge >= 0.3 is 6.03 Å². The summed E-state index contributed by atoms with van der Waals surface area (Å²) in [5.74, 6) is 0. The van der Waals surface area contributed by atoms with Crippen LogP contribution in [0, 0.1) is 6.92 Å². The lowest BCUT2D eigenvalue weighted by atomic mass is 10.1. The number of nitrogens with one attached hydrogen (secondary N) is 2. The van der Waals surface area contributed by atoms with Crippen LogP contribution in [-0.4, -0.2) is 19.1 Å². The summed E-state index contributed by atoms with van der Waals surface area (Å²) in [5, 5.41) is 5.55. The Morgan fingerprint density at radius 1 is 1.04 bits per heavy atom. The summed E-state index contributed by atoms with van der Waals surface area (Å²) in [5.41, 5.74) is 4.18. The van der Waals surface area contributed by atoms with E-state index in [-0.39, 0.29) is 6.03 Å². The first-order valence-corrected chi connectivity index (χ1v) is 8.28. The molecule has 0 heterocycles. The van der Waals surface area contributed by atoms with Crippen LogP contribution in [0.1, 0.15) is 25.0 Å². The van der Waals surface area contributed by atoms with Crippen LogP contribution < -0.4 is 15.5 Å². The summed E-state index contributed by atoms with van der Waals surface area (Å²) in [6.45, 7) is 8.23. The molecule has 126 valence electrons. The monoisotopic (exact) mass is 323 g/mol. The second-order valence-corrected chi connectivity index (χ2v) is 5.51. The number of hydrogen-bond acceptors (Lipinski definition) is 2. The van der Waals surface area contributed by atoms with E-state index in [2.05, 4.69) is 29.4 Å². The Morgan fingerprint density at radius 3 is 2.33 bits per heavy atom. The molecule has 24 heavy (non-hydrogen) atoms. The SMILES string of the molecule is CCN(CC)c1ccc(NC(=O)N/C=C/c2ccccc2C)cc1. The van der Waals surface area contributed by atoms with E-state index in [1.807, 2.05) is 61.5 Å². The fourth-order valence-electron chi connectivity index (χ4n) is 2.49. The Balaban J connectivity index is 1.89. The first-order valence-electron chi connectivity index (χ1n) is 8.28. The molecular formula is C20H25N3O. The summed E-state index contributed by atoms with van der Waals surface area (Å²) in [4.78, 5) is 14.2. The fraction of sp³-hybridized carbons (Fsp3) is 0.250. The molecule has 0 radical (unpaired) electrons. The van der Waals surface area contributed by atoms with Gasteiger partial charge in [-0.2, -0.15) is 0 Å². The maximum atomic E-state index is 11.9. The summed E-state index contributed by atoms with van der Waals surface area (Å²) in [6, 6.07) is 15.6. The Morgan fingerprint density at radius 2 is 1.71 bits per heavy atom. The number of aryl methyl sites for hydroxylation is 1. The minimum atomic E-state index is -0.254. The quantitative estimate of drug-likeness (QED) is 0.814. The fourth-order valence-corrected chi connectivity index (χ4v) is 2.49. The molecule has 0 atom stereocenters. The minimum absolute atomic E-state index is 0.254. The van der Waals surface area contributed by atoms with Crippen molar-refractivity contribution in [2.45, 2.75) is 20.8 Å². The molecule has 0 bridgehead atoms. The van der Waals surface area contributed by atoms with Gasteiger partial charge in [0.1, 0.15) is 0 Å². The van der Waals surface area contributed by atoms with Crippen LogP contribution >= 0.6 is 0 Å². The molecule has 4 nitrogen and oxygen atoms in total. The number of benzene rings is 2. The van der Waals surface area contributed by atoms with Gasteiger partial charge in [-0.15, -0.1) is 0 Å². The highest BCUT2D eigenvalue weighted by molar-refractivity contribution is 5.90. The third-order valence-electron chi connectivity index (χ3n) is 3.92. The number of hydrogen-bond donors (Lipinski definition) is 2. The van der Waals surface area contributed by atoms with Crippen molar-refractivity contribution in [1.29, 1.82) is 0 Å². The molecule has 0 fully saturated rings. The average Bonchev–Trinajstić information content (AvgIpc) is 2.59. The number of nitrogens with zero attached hydrogens (tertiary/aromatic N) is 1. The maximum absolute atomic E-state index is 11.9. The van der Waals surface area contributed by atoms with Gasteiger partial charge in [-0.1, -0.05) is 24.3 Å². The molecule has 0 saturated carbocycles. The van der Waals surface area contributed by atoms with Crippen molar-refractivity contribution >= 4 is 23.5 Å². The molecule has 0 aliphatic heterocycles. The van der Waals surface area contributed by atoms with Crippen LogP contribution in [0.25, 0.3) is 6.08 Å². The van der Waals surface area contributed by atoms with E-state index in [4.69, 9.17) is 0 Å². The predicted molar refractivity (Wildman–Crippen MR) is 102 cm³/mol. The van der Waals surface area contributed by atoms with Gasteiger partial charge in [0.15, 0.2) is 0 Å². The van der Waals surface area contributed by atoms with E-state index in [0.717, 1.165) is 30.0 Å². The van der Waals surface area contributed by atoms with Crippen LogP contribution in [0.5, 0.6) is 0 Å². The summed E-state index contributed by atoms with van der Waals surface area (Å²) < 4.78 is 0. The van der Waals surface area contributed by atoms with Crippen LogP contribution in [-0.2, 0) is 0 Å². The van der Waals surface area contributed by atoms with E-state index in [9.17, 15) is 4.79 Å². The molecule has 0 unspecified atom stereocenters. The van der Waals surface area contributed by atoms with E-state index in [1.54, 1.807) is 6.20 Å². The van der Waals surface area contributed by atoms with Crippen LogP contribution in [0.3, 0.4) is 0 Å². The van der Waals surface area contributed by atoms with Crippen molar-refractivity contribution < 1.29 is 4.79 Å². The topological polar surface area (TPSA) is 44.4 Å². The van der Waals surface area contributed by atoms with E-state index in [1.165, 1.54) is 5.56 Å². The first-order chi connectivity index (χ1) is 11.6. The van der Waals surface area contributed by atoms with Gasteiger partial charge in [0.05, 0.1) is 0 Å². The largest absolute Gasteiger partial charge is 0.372 e. The number of anilines is 2. The normalized spacial score (nSPS) is 10.6. The third kappa shape index (κ3) is 4.88. The number of amides is 2. The third-order valence-corrected chi connectivity index (χ3v) is 3.92. The highest BCUT2D eigenvalue weighted by Crippen LogP contribution is 2.17. The molecule has 0 aliphatic rings. The molecule has 0 aliphatic carbocycles. The number of carbonyl (C=O) groups is 1. The van der Waals surface area contributed by atoms with Crippen molar-refractivity contribution in [1.82, 2.24) is 5.32 Å². The lowest BCUT2D eigenvalue weighted by Gasteiger charge is -2.21. The summed E-state index contributed by atoms with van der Waals surface area (Å²) in [7, 11) is 0. The average molecular weight is 323 g/mol. The lowest BCUT2D eigenvalue weighted by Crippen LogP contribution is -2.24. The zero-order valence-electron chi connectivity index (χ0n) is 14.5. The highest BCUT2D eigenvalue weighted by Gasteiger charge is 2.03. The lowest BCUT2D eigenvalue weighted by molar-refractivity contribution is 0.255. The van der Waals surface area contributed by atoms with Gasteiger partial charge in [-0.05, 0) is 62.2 Å². The van der Waals surface area contributed by atoms with Gasteiger partial charge in [0.25, 0.3) is 0 Å². The molecule has 2 amide bonds. The number of carbonyl (C=O) groups excluding carboxylic acids is 1. The molecule has 2 N–H and O–H groups in total. The minimum Gasteiger partial charge on any atom is -0.372 e. The van der Waals surface area contributed by atoms with Crippen molar-refractivity contribution in [2.24, 2.45) is 0 Å². The van der Waals surface area contributed by atoms with E-state index >= 15 is 0 Å². The summed E-state index contributed by atoms with van der Waals surface area (Å²) in [6.07, 6.45) is 3.54. The van der Waals surface area contributed by atoms with Gasteiger partial charge in [0.2, 0.25) is 0 Å². The number of urea groups is 1. The highest BCUT2D eigenvalue weighted by atomic mass is 16.2. The maximum Gasteiger partial charge on any atom is 0.323 e. The second-order valence-electron chi connectivity index (χ2n) is 5.51. The Labute approximate surface area is 144 Å². The van der Waals surface area contributed by atoms with Crippen LogP contribution in [0.4, 0.5) is 16.2 Å². The first kappa shape index (κ1) is 17.6. The zero-order chi connectivity index (χ0) is 17.4. The van der Waals surface area contributed by atoms with Crippen molar-refractivity contribution in [3.8, 4) is 0 Å². The predicted octanol–water partition coefficient (Wildman–Crippen LogP) is 4.63. The Kier molecular flexibility index (Phi) is 6.43. The number of rotatable bonds is 6. The van der Waals surface area contributed by atoms with Gasteiger partial charge in [0, 0.05) is 30.7 Å². The van der Waals surface area contributed by atoms with Crippen LogP contribution in [0.15, 0.2) is 54.7 Å². The van der Waals surface area contributed by atoms with Crippen molar-refractivity contribution in [3.05, 3.63) is 65.9 Å². The van der Waals surface area contributed by atoms with E-state index < -0.39 is 0 Å². The smallest absolute Gasteiger partial charge is 0.323 e. The molecule has 0 spiro atoms.